The second-order valence-electron chi connectivity index (χ2n) is 4.78. The lowest BCUT2D eigenvalue weighted by atomic mass is 10.2. The van der Waals surface area contributed by atoms with Crippen molar-refractivity contribution in [3.05, 3.63) is 29.8 Å². The molecular formula is C13H15F3N2O2. The van der Waals surface area contributed by atoms with Crippen LogP contribution in [0.2, 0.25) is 0 Å². The molecule has 7 heteroatoms. The highest BCUT2D eigenvalue weighted by atomic mass is 19.4. The summed E-state index contributed by atoms with van der Waals surface area (Å²) in [6.07, 6.45) is -3.56. The van der Waals surface area contributed by atoms with Gasteiger partial charge in [0, 0.05) is 24.8 Å². The van der Waals surface area contributed by atoms with Crippen LogP contribution in [0.4, 0.5) is 18.9 Å². The number of nitrogens with one attached hydrogen (secondary N) is 1. The van der Waals surface area contributed by atoms with E-state index in [-0.39, 0.29) is 11.6 Å². The molecule has 20 heavy (non-hydrogen) atoms. The maximum atomic E-state index is 12.1. The Labute approximate surface area is 114 Å². The molecule has 2 rings (SSSR count). The van der Waals surface area contributed by atoms with Crippen molar-refractivity contribution < 1.29 is 23.1 Å². The highest BCUT2D eigenvalue weighted by Gasteiger charge is 2.30. The van der Waals surface area contributed by atoms with Crippen molar-refractivity contribution in [2.24, 2.45) is 0 Å². The first-order valence-corrected chi connectivity index (χ1v) is 6.23. The number of benzene rings is 1. The number of carboxylic acids is 1. The standard InChI is InChI=1S/C13H15F3N2O2/c14-13(15,16)8-17-10-5-6-18(7-10)11-3-1-9(2-4-11)12(19)20/h1-4,10,17H,5-8H2,(H,19,20). The molecular weight excluding hydrogens is 273 g/mol. The van der Waals surface area contributed by atoms with Crippen LogP contribution in [0, 0.1) is 0 Å². The summed E-state index contributed by atoms with van der Waals surface area (Å²) in [5.41, 5.74) is 1.02. The first-order valence-electron chi connectivity index (χ1n) is 6.23. The molecule has 1 atom stereocenters. The number of carbonyl (C=O) groups is 1. The Hall–Kier alpha value is -1.76. The van der Waals surface area contributed by atoms with E-state index in [1.807, 2.05) is 4.90 Å². The average Bonchev–Trinajstić information content (AvgIpc) is 2.84. The van der Waals surface area contributed by atoms with Crippen LogP contribution in [-0.2, 0) is 0 Å². The molecule has 1 fully saturated rings. The Kier molecular flexibility index (Phi) is 4.17. The van der Waals surface area contributed by atoms with Gasteiger partial charge < -0.3 is 15.3 Å². The van der Waals surface area contributed by atoms with Gasteiger partial charge in [0.15, 0.2) is 0 Å². The summed E-state index contributed by atoms with van der Waals surface area (Å²) in [5.74, 6) is -0.998. The number of hydrogen-bond donors (Lipinski definition) is 2. The minimum absolute atomic E-state index is 0.194. The van der Waals surface area contributed by atoms with E-state index in [9.17, 15) is 18.0 Å². The second kappa shape index (κ2) is 5.70. The zero-order valence-corrected chi connectivity index (χ0v) is 10.7. The summed E-state index contributed by atoms with van der Waals surface area (Å²) in [6.45, 7) is 0.161. The molecule has 1 aromatic carbocycles. The molecule has 2 N–H and O–H groups in total. The van der Waals surface area contributed by atoms with Crippen molar-refractivity contribution in [1.82, 2.24) is 5.32 Å². The summed E-state index contributed by atoms with van der Waals surface area (Å²) in [7, 11) is 0. The average molecular weight is 288 g/mol. The first-order chi connectivity index (χ1) is 9.35. The highest BCUT2D eigenvalue weighted by molar-refractivity contribution is 5.88. The van der Waals surface area contributed by atoms with Gasteiger partial charge >= 0.3 is 12.1 Å². The summed E-state index contributed by atoms with van der Waals surface area (Å²) < 4.78 is 36.4. The highest BCUT2D eigenvalue weighted by Crippen LogP contribution is 2.22. The molecule has 0 bridgehead atoms. The summed E-state index contributed by atoms with van der Waals surface area (Å²) >= 11 is 0. The Bertz CT molecular complexity index is 473. The van der Waals surface area contributed by atoms with Crippen LogP contribution in [0.3, 0.4) is 0 Å². The van der Waals surface area contributed by atoms with Crippen LogP contribution in [-0.4, -0.2) is 42.9 Å². The van der Waals surface area contributed by atoms with E-state index in [1.165, 1.54) is 12.1 Å². The van der Waals surface area contributed by atoms with Crippen LogP contribution < -0.4 is 10.2 Å². The fourth-order valence-electron chi connectivity index (χ4n) is 2.24. The van der Waals surface area contributed by atoms with E-state index < -0.39 is 18.7 Å². The van der Waals surface area contributed by atoms with Crippen molar-refractivity contribution in [2.75, 3.05) is 24.5 Å². The lowest BCUT2D eigenvalue weighted by Crippen LogP contribution is -2.38. The van der Waals surface area contributed by atoms with E-state index in [4.69, 9.17) is 5.11 Å². The van der Waals surface area contributed by atoms with E-state index in [0.717, 1.165) is 5.69 Å². The Balaban J connectivity index is 1.90. The summed E-state index contributed by atoms with van der Waals surface area (Å²) in [4.78, 5) is 12.7. The second-order valence-corrected chi connectivity index (χ2v) is 4.78. The summed E-state index contributed by atoms with van der Waals surface area (Å²) in [5, 5.41) is 11.3. The third-order valence-electron chi connectivity index (χ3n) is 3.26. The maximum absolute atomic E-state index is 12.1. The largest absolute Gasteiger partial charge is 0.478 e. The van der Waals surface area contributed by atoms with Gasteiger partial charge in [-0.1, -0.05) is 0 Å². The smallest absolute Gasteiger partial charge is 0.401 e. The lowest BCUT2D eigenvalue weighted by Gasteiger charge is -2.19. The molecule has 110 valence electrons. The van der Waals surface area contributed by atoms with Gasteiger partial charge in [-0.2, -0.15) is 13.2 Å². The van der Waals surface area contributed by atoms with Crippen molar-refractivity contribution in [3.63, 3.8) is 0 Å². The third-order valence-corrected chi connectivity index (χ3v) is 3.26. The molecule has 0 saturated carbocycles. The Morgan fingerprint density at radius 2 is 2.00 bits per heavy atom. The molecule has 0 radical (unpaired) electrons. The Morgan fingerprint density at radius 3 is 2.55 bits per heavy atom. The van der Waals surface area contributed by atoms with Gasteiger partial charge in [0.2, 0.25) is 0 Å². The van der Waals surface area contributed by atoms with Crippen LogP contribution in [0.15, 0.2) is 24.3 Å². The fourth-order valence-corrected chi connectivity index (χ4v) is 2.24. The normalized spacial score (nSPS) is 19.4. The van der Waals surface area contributed by atoms with E-state index in [1.54, 1.807) is 12.1 Å². The summed E-state index contributed by atoms with van der Waals surface area (Å²) in [6, 6.07) is 6.14. The molecule has 0 aliphatic carbocycles. The van der Waals surface area contributed by atoms with Crippen molar-refractivity contribution >= 4 is 11.7 Å². The van der Waals surface area contributed by atoms with Gasteiger partial charge in [-0.25, -0.2) is 4.79 Å². The van der Waals surface area contributed by atoms with E-state index >= 15 is 0 Å². The van der Waals surface area contributed by atoms with Crippen molar-refractivity contribution in [1.29, 1.82) is 0 Å². The predicted octanol–water partition coefficient (Wildman–Crippen LogP) is 2.12. The van der Waals surface area contributed by atoms with Crippen molar-refractivity contribution in [3.8, 4) is 0 Å². The van der Waals surface area contributed by atoms with Gasteiger partial charge in [0.25, 0.3) is 0 Å². The van der Waals surface area contributed by atoms with Gasteiger partial charge in [0.05, 0.1) is 12.1 Å². The number of nitrogens with zero attached hydrogens (tertiary/aromatic N) is 1. The molecule has 0 amide bonds. The molecule has 1 heterocycles. The SMILES string of the molecule is O=C(O)c1ccc(N2CCC(NCC(F)(F)F)C2)cc1. The molecule has 0 spiro atoms. The molecule has 1 aromatic rings. The van der Waals surface area contributed by atoms with E-state index in [0.29, 0.717) is 19.5 Å². The fraction of sp³-hybridized carbons (Fsp3) is 0.462. The number of alkyl halides is 3. The number of hydrogen-bond acceptors (Lipinski definition) is 3. The predicted molar refractivity (Wildman–Crippen MR) is 68.1 cm³/mol. The molecule has 1 saturated heterocycles. The maximum Gasteiger partial charge on any atom is 0.401 e. The lowest BCUT2D eigenvalue weighted by molar-refractivity contribution is -0.125. The molecule has 1 aliphatic rings. The zero-order chi connectivity index (χ0) is 14.8. The Morgan fingerprint density at radius 1 is 1.35 bits per heavy atom. The van der Waals surface area contributed by atoms with Gasteiger partial charge in [0.1, 0.15) is 0 Å². The van der Waals surface area contributed by atoms with Crippen molar-refractivity contribution in [2.45, 2.75) is 18.6 Å². The van der Waals surface area contributed by atoms with Crippen LogP contribution in [0.5, 0.6) is 0 Å². The number of halogens is 3. The molecule has 4 nitrogen and oxygen atoms in total. The topological polar surface area (TPSA) is 52.6 Å². The first kappa shape index (κ1) is 14.6. The number of carboxylic acid groups (broad SMARTS) is 1. The quantitative estimate of drug-likeness (QED) is 0.891. The third kappa shape index (κ3) is 3.86. The van der Waals surface area contributed by atoms with Gasteiger partial charge in [-0.05, 0) is 30.7 Å². The van der Waals surface area contributed by atoms with Crippen LogP contribution in [0.25, 0.3) is 0 Å². The van der Waals surface area contributed by atoms with Crippen LogP contribution in [0.1, 0.15) is 16.8 Å². The number of rotatable bonds is 4. The zero-order valence-electron chi connectivity index (χ0n) is 10.7. The minimum Gasteiger partial charge on any atom is -0.478 e. The minimum atomic E-state index is -4.20. The van der Waals surface area contributed by atoms with Gasteiger partial charge in [-0.3, -0.25) is 0 Å². The molecule has 1 aliphatic heterocycles. The monoisotopic (exact) mass is 288 g/mol. The number of aromatic carboxylic acids is 1. The molecule has 0 aromatic heterocycles. The number of anilines is 1. The van der Waals surface area contributed by atoms with Gasteiger partial charge in [-0.15, -0.1) is 0 Å². The van der Waals surface area contributed by atoms with E-state index in [2.05, 4.69) is 5.32 Å². The van der Waals surface area contributed by atoms with Crippen LogP contribution >= 0.6 is 0 Å². The molecule has 1 unspecified atom stereocenters.